The molecule has 1 rings (SSSR count). The van der Waals surface area contributed by atoms with Crippen molar-refractivity contribution >= 4 is 10.0 Å². The van der Waals surface area contributed by atoms with Gasteiger partial charge in [-0.2, -0.15) is 5.26 Å². The van der Waals surface area contributed by atoms with Gasteiger partial charge in [0.15, 0.2) is 0 Å². The highest BCUT2D eigenvalue weighted by atomic mass is 32.2. The van der Waals surface area contributed by atoms with E-state index < -0.39 is 16.1 Å². The summed E-state index contributed by atoms with van der Waals surface area (Å²) in [4.78, 5) is 3.60. The molecule has 0 saturated carbocycles. The Kier molecular flexibility index (Phi) is 5.18. The number of nitrogens with zero attached hydrogens (tertiary/aromatic N) is 2. The molecule has 1 aromatic rings. The molecule has 7 nitrogen and oxygen atoms in total. The lowest BCUT2D eigenvalue weighted by Gasteiger charge is -2.15. The Morgan fingerprint density at radius 2 is 2.33 bits per heavy atom. The zero-order valence-corrected chi connectivity index (χ0v) is 10.5. The van der Waals surface area contributed by atoms with Crippen LogP contribution in [-0.4, -0.2) is 44.9 Å². The van der Waals surface area contributed by atoms with E-state index in [0.717, 1.165) is 6.20 Å². The summed E-state index contributed by atoms with van der Waals surface area (Å²) in [6.45, 7) is -0.323. The molecule has 0 radical (unpaired) electrons. The van der Waals surface area contributed by atoms with E-state index in [1.807, 2.05) is 0 Å². The number of ether oxygens (including phenoxy) is 1. The number of sulfonamides is 1. The van der Waals surface area contributed by atoms with E-state index in [9.17, 15) is 8.42 Å². The monoisotopic (exact) mass is 271 g/mol. The summed E-state index contributed by atoms with van der Waals surface area (Å²) in [5.41, 5.74) is 0.129. The molecule has 98 valence electrons. The number of hydrogen-bond acceptors (Lipinski definition) is 6. The molecule has 0 spiro atoms. The zero-order valence-electron chi connectivity index (χ0n) is 9.70. The van der Waals surface area contributed by atoms with E-state index in [1.165, 1.54) is 19.2 Å². The molecule has 0 aromatic carbocycles. The second-order valence-corrected chi connectivity index (χ2v) is 5.16. The van der Waals surface area contributed by atoms with Gasteiger partial charge < -0.3 is 9.84 Å². The topological polar surface area (TPSA) is 112 Å². The van der Waals surface area contributed by atoms with Gasteiger partial charge in [-0.15, -0.1) is 0 Å². The van der Waals surface area contributed by atoms with Crippen LogP contribution in [0.15, 0.2) is 23.2 Å². The minimum absolute atomic E-state index is 0.0550. The fourth-order valence-corrected chi connectivity index (χ4v) is 2.37. The summed E-state index contributed by atoms with van der Waals surface area (Å²) >= 11 is 0. The predicted octanol–water partition coefficient (Wildman–Crippen LogP) is -0.761. The Morgan fingerprint density at radius 3 is 2.78 bits per heavy atom. The van der Waals surface area contributed by atoms with Gasteiger partial charge in [-0.3, -0.25) is 0 Å². The first-order valence-electron chi connectivity index (χ1n) is 5.01. The Morgan fingerprint density at radius 1 is 1.61 bits per heavy atom. The van der Waals surface area contributed by atoms with Crippen LogP contribution < -0.4 is 4.72 Å². The van der Waals surface area contributed by atoms with E-state index in [4.69, 9.17) is 15.1 Å². The molecule has 2 N–H and O–H groups in total. The molecule has 1 atom stereocenters. The van der Waals surface area contributed by atoms with Gasteiger partial charge in [-0.1, -0.05) is 0 Å². The van der Waals surface area contributed by atoms with Crippen molar-refractivity contribution < 1.29 is 18.3 Å². The first kappa shape index (κ1) is 14.5. The zero-order chi connectivity index (χ0) is 13.6. The molecule has 0 aliphatic heterocycles. The molecule has 1 heterocycles. The van der Waals surface area contributed by atoms with E-state index in [0.29, 0.717) is 0 Å². The van der Waals surface area contributed by atoms with Crippen LogP contribution in [0.5, 0.6) is 0 Å². The van der Waals surface area contributed by atoms with Crippen molar-refractivity contribution in [1.82, 2.24) is 9.71 Å². The average Bonchev–Trinajstić information content (AvgIpc) is 2.38. The Labute approximate surface area is 105 Å². The lowest BCUT2D eigenvalue weighted by molar-refractivity contribution is 0.139. The number of aliphatic hydroxyl groups excluding tert-OH is 1. The molecule has 1 unspecified atom stereocenters. The van der Waals surface area contributed by atoms with Crippen LogP contribution in [0.25, 0.3) is 0 Å². The maximum atomic E-state index is 11.9. The molecule has 18 heavy (non-hydrogen) atoms. The van der Waals surface area contributed by atoms with Gasteiger partial charge in [-0.25, -0.2) is 18.1 Å². The van der Waals surface area contributed by atoms with Crippen molar-refractivity contribution in [1.29, 1.82) is 5.26 Å². The summed E-state index contributed by atoms with van der Waals surface area (Å²) in [6.07, 6.45) is 1.09. The van der Waals surface area contributed by atoms with Crippen molar-refractivity contribution in [2.75, 3.05) is 20.3 Å². The largest absolute Gasteiger partial charge is 0.395 e. The lowest BCUT2D eigenvalue weighted by atomic mass is 10.4. The van der Waals surface area contributed by atoms with Crippen molar-refractivity contribution in [2.45, 2.75) is 10.9 Å². The number of pyridine rings is 1. The molecule has 0 amide bonds. The van der Waals surface area contributed by atoms with Crippen LogP contribution in [0, 0.1) is 11.3 Å². The second kappa shape index (κ2) is 6.42. The van der Waals surface area contributed by atoms with E-state index in [2.05, 4.69) is 9.71 Å². The van der Waals surface area contributed by atoms with Gasteiger partial charge >= 0.3 is 0 Å². The Balaban J connectivity index is 2.88. The number of aliphatic hydroxyl groups is 1. The molecule has 0 aliphatic carbocycles. The van der Waals surface area contributed by atoms with Gasteiger partial charge in [0.2, 0.25) is 10.0 Å². The third-order valence-corrected chi connectivity index (χ3v) is 3.58. The first-order chi connectivity index (χ1) is 8.53. The van der Waals surface area contributed by atoms with Crippen molar-refractivity contribution in [3.8, 4) is 6.07 Å². The van der Waals surface area contributed by atoms with Crippen LogP contribution in [0.1, 0.15) is 5.69 Å². The summed E-state index contributed by atoms with van der Waals surface area (Å²) in [7, 11) is -2.38. The van der Waals surface area contributed by atoms with Crippen molar-refractivity contribution in [3.05, 3.63) is 24.0 Å². The third-order valence-electron chi connectivity index (χ3n) is 2.07. The molecule has 0 fully saturated rings. The van der Waals surface area contributed by atoms with Crippen LogP contribution in [0.3, 0.4) is 0 Å². The van der Waals surface area contributed by atoms with Gasteiger partial charge in [0.1, 0.15) is 16.7 Å². The van der Waals surface area contributed by atoms with Gasteiger partial charge in [0.05, 0.1) is 19.3 Å². The van der Waals surface area contributed by atoms with E-state index >= 15 is 0 Å². The number of nitrogens with one attached hydrogen (secondary N) is 1. The summed E-state index contributed by atoms with van der Waals surface area (Å²) in [6, 6.07) is 3.64. The smallest absolute Gasteiger partial charge is 0.242 e. The summed E-state index contributed by atoms with van der Waals surface area (Å²) < 4.78 is 30.8. The summed E-state index contributed by atoms with van der Waals surface area (Å²) in [5, 5.41) is 17.5. The number of nitriles is 1. The average molecular weight is 271 g/mol. The van der Waals surface area contributed by atoms with Crippen LogP contribution in [-0.2, 0) is 14.8 Å². The van der Waals surface area contributed by atoms with E-state index in [1.54, 1.807) is 6.07 Å². The highest BCUT2D eigenvalue weighted by Gasteiger charge is 2.19. The molecule has 0 bridgehead atoms. The molecule has 8 heteroatoms. The highest BCUT2D eigenvalue weighted by molar-refractivity contribution is 7.89. The summed E-state index contributed by atoms with van der Waals surface area (Å²) in [5.74, 6) is 0. The second-order valence-electron chi connectivity index (χ2n) is 3.45. The Hall–Kier alpha value is -1.53. The SMILES string of the molecule is COCC(CO)NS(=O)(=O)c1ccc(C#N)nc1. The van der Waals surface area contributed by atoms with E-state index in [-0.39, 0.29) is 23.8 Å². The van der Waals surface area contributed by atoms with Crippen molar-refractivity contribution in [2.24, 2.45) is 0 Å². The maximum Gasteiger partial charge on any atom is 0.242 e. The maximum absolute atomic E-state index is 11.9. The fourth-order valence-electron chi connectivity index (χ4n) is 1.22. The standard InChI is InChI=1S/C10H13N3O4S/c1-17-7-9(6-14)13-18(15,16)10-3-2-8(4-11)12-5-10/h2-3,5,9,13-14H,6-7H2,1H3. The fraction of sp³-hybridized carbons (Fsp3) is 0.400. The van der Waals surface area contributed by atoms with Crippen LogP contribution >= 0.6 is 0 Å². The predicted molar refractivity (Wildman–Crippen MR) is 62.0 cm³/mol. The highest BCUT2D eigenvalue weighted by Crippen LogP contribution is 2.08. The first-order valence-corrected chi connectivity index (χ1v) is 6.50. The normalized spacial score (nSPS) is 12.9. The van der Waals surface area contributed by atoms with Gasteiger partial charge in [0, 0.05) is 13.3 Å². The van der Waals surface area contributed by atoms with Crippen LogP contribution in [0.4, 0.5) is 0 Å². The number of aromatic nitrogens is 1. The Bertz CT molecular complexity index is 521. The lowest BCUT2D eigenvalue weighted by Crippen LogP contribution is -2.40. The molecular formula is C10H13N3O4S. The molecule has 0 aliphatic rings. The minimum atomic E-state index is -3.78. The van der Waals surface area contributed by atoms with Crippen molar-refractivity contribution in [3.63, 3.8) is 0 Å². The number of rotatable bonds is 6. The quantitative estimate of drug-likeness (QED) is 0.703. The third kappa shape index (κ3) is 3.75. The molecule has 0 saturated heterocycles. The number of hydrogen-bond donors (Lipinski definition) is 2. The minimum Gasteiger partial charge on any atom is -0.395 e. The van der Waals surface area contributed by atoms with Gasteiger partial charge in [-0.05, 0) is 12.1 Å². The van der Waals surface area contributed by atoms with Crippen LogP contribution in [0.2, 0.25) is 0 Å². The number of methoxy groups -OCH3 is 1. The molecular weight excluding hydrogens is 258 g/mol. The van der Waals surface area contributed by atoms with Gasteiger partial charge in [0.25, 0.3) is 0 Å². The molecule has 1 aromatic heterocycles.